The van der Waals surface area contributed by atoms with Gasteiger partial charge in [0, 0.05) is 25.8 Å². The minimum absolute atomic E-state index is 0.0418. The normalized spacial score (nSPS) is 27.8. The highest BCUT2D eigenvalue weighted by molar-refractivity contribution is 5.14. The summed E-state index contributed by atoms with van der Waals surface area (Å²) in [7, 11) is 1.96. The lowest BCUT2D eigenvalue weighted by Crippen LogP contribution is -2.23. The first-order chi connectivity index (χ1) is 11.8. The number of aryl methyl sites for hydroxylation is 1. The van der Waals surface area contributed by atoms with E-state index in [1.807, 2.05) is 24.0 Å². The van der Waals surface area contributed by atoms with E-state index in [9.17, 15) is 0 Å². The van der Waals surface area contributed by atoms with Crippen LogP contribution in [0.2, 0.25) is 0 Å². The molecule has 6 heteroatoms. The lowest BCUT2D eigenvalue weighted by Gasteiger charge is -2.29. The van der Waals surface area contributed by atoms with Gasteiger partial charge >= 0.3 is 0 Å². The highest BCUT2D eigenvalue weighted by Crippen LogP contribution is 2.54. The molecule has 128 valence electrons. The highest BCUT2D eigenvalue weighted by atomic mass is 16.5. The van der Waals surface area contributed by atoms with Crippen LogP contribution in [-0.2, 0) is 11.8 Å². The first kappa shape index (κ1) is 14.6. The lowest BCUT2D eigenvalue weighted by molar-refractivity contribution is -0.0139. The van der Waals surface area contributed by atoms with Crippen molar-refractivity contribution in [3.05, 3.63) is 29.7 Å². The summed E-state index contributed by atoms with van der Waals surface area (Å²) in [4.78, 5) is 0. The van der Waals surface area contributed by atoms with Crippen LogP contribution in [0.1, 0.15) is 73.9 Å². The van der Waals surface area contributed by atoms with Crippen LogP contribution in [0.25, 0.3) is 0 Å². The van der Waals surface area contributed by atoms with Crippen molar-refractivity contribution in [3.63, 3.8) is 0 Å². The Balaban J connectivity index is 1.43. The van der Waals surface area contributed by atoms with Crippen LogP contribution in [0.5, 0.6) is 0 Å². The molecular formula is C18H24N4O2. The Labute approximate surface area is 141 Å². The van der Waals surface area contributed by atoms with Gasteiger partial charge in [0.2, 0.25) is 11.8 Å². The number of rotatable bonds is 5. The first-order valence-electron chi connectivity index (χ1n) is 9.24. The van der Waals surface area contributed by atoms with E-state index < -0.39 is 0 Å². The first-order valence-corrected chi connectivity index (χ1v) is 9.24. The van der Waals surface area contributed by atoms with E-state index >= 15 is 0 Å². The summed E-state index contributed by atoms with van der Waals surface area (Å²) in [5.41, 5.74) is 1.08. The third-order valence-electron chi connectivity index (χ3n) is 5.79. The van der Waals surface area contributed by atoms with Crippen molar-refractivity contribution in [2.75, 3.05) is 6.61 Å². The SMILES string of the molecule is Cn1nccc1[C@@H]1OCCC[C@H]1c1nnc(C(C2CC2)C2CC2)o1. The van der Waals surface area contributed by atoms with Crippen molar-refractivity contribution >= 4 is 0 Å². The molecule has 24 heavy (non-hydrogen) atoms. The Bertz CT molecular complexity index is 704. The molecule has 2 atom stereocenters. The summed E-state index contributed by atoms with van der Waals surface area (Å²) in [5, 5.41) is 13.2. The van der Waals surface area contributed by atoms with Crippen LogP contribution in [0.3, 0.4) is 0 Å². The molecule has 3 aliphatic rings. The number of hydrogen-bond donors (Lipinski definition) is 0. The Kier molecular flexibility index (Phi) is 3.47. The molecule has 0 N–H and O–H groups in total. The van der Waals surface area contributed by atoms with Gasteiger partial charge in [0.15, 0.2) is 0 Å². The van der Waals surface area contributed by atoms with Gasteiger partial charge in [0.05, 0.1) is 11.6 Å². The van der Waals surface area contributed by atoms with Gasteiger partial charge in [-0.2, -0.15) is 5.10 Å². The van der Waals surface area contributed by atoms with Crippen molar-refractivity contribution in [2.24, 2.45) is 18.9 Å². The van der Waals surface area contributed by atoms with Gasteiger partial charge in [-0.15, -0.1) is 10.2 Å². The van der Waals surface area contributed by atoms with Crippen LogP contribution in [0.15, 0.2) is 16.7 Å². The Morgan fingerprint density at radius 3 is 2.58 bits per heavy atom. The zero-order valence-electron chi connectivity index (χ0n) is 14.1. The summed E-state index contributed by atoms with van der Waals surface area (Å²) < 4.78 is 14.2. The molecule has 3 fully saturated rings. The van der Waals surface area contributed by atoms with Crippen molar-refractivity contribution in [2.45, 2.75) is 56.5 Å². The molecule has 0 aromatic carbocycles. The highest BCUT2D eigenvalue weighted by Gasteiger charge is 2.46. The molecule has 3 heterocycles. The molecular weight excluding hydrogens is 304 g/mol. The maximum absolute atomic E-state index is 6.22. The van der Waals surface area contributed by atoms with Gasteiger partial charge in [-0.1, -0.05) is 0 Å². The van der Waals surface area contributed by atoms with Gasteiger partial charge in [-0.05, 0) is 56.4 Å². The summed E-state index contributed by atoms with van der Waals surface area (Å²) in [6, 6.07) is 2.03. The average molecular weight is 328 g/mol. The van der Waals surface area contributed by atoms with Crippen LogP contribution >= 0.6 is 0 Å². The van der Waals surface area contributed by atoms with Crippen molar-refractivity contribution in [3.8, 4) is 0 Å². The molecule has 5 rings (SSSR count). The van der Waals surface area contributed by atoms with Crippen LogP contribution in [0.4, 0.5) is 0 Å². The summed E-state index contributed by atoms with van der Waals surface area (Å²) in [6.45, 7) is 0.778. The van der Waals surface area contributed by atoms with Crippen molar-refractivity contribution < 1.29 is 9.15 Å². The Morgan fingerprint density at radius 2 is 1.92 bits per heavy atom. The van der Waals surface area contributed by atoms with E-state index in [0.717, 1.165) is 48.8 Å². The standard InChI is InChI=1S/C18H24N4O2/c1-22-14(8-9-19-22)16-13(3-2-10-23-16)17-20-21-18(24-17)15(11-4-5-11)12-6-7-12/h8-9,11-13,15-16H,2-7,10H2,1H3/t13-,16-/m1/s1. The molecule has 2 aliphatic carbocycles. The fraction of sp³-hybridized carbons (Fsp3) is 0.722. The molecule has 1 saturated heterocycles. The van der Waals surface area contributed by atoms with Crippen molar-refractivity contribution in [1.82, 2.24) is 20.0 Å². The third kappa shape index (κ3) is 2.57. The molecule has 0 amide bonds. The van der Waals surface area contributed by atoms with Crippen LogP contribution in [-0.4, -0.2) is 26.6 Å². The van der Waals surface area contributed by atoms with Gasteiger partial charge in [-0.3, -0.25) is 4.68 Å². The van der Waals surface area contributed by atoms with E-state index in [4.69, 9.17) is 9.15 Å². The molecule has 1 aliphatic heterocycles. The quantitative estimate of drug-likeness (QED) is 0.842. The molecule has 0 unspecified atom stereocenters. The number of aromatic nitrogens is 4. The monoisotopic (exact) mass is 328 g/mol. The van der Waals surface area contributed by atoms with Crippen molar-refractivity contribution in [1.29, 1.82) is 0 Å². The Hall–Kier alpha value is -1.69. The van der Waals surface area contributed by atoms with E-state index in [1.54, 1.807) is 0 Å². The van der Waals surface area contributed by atoms with Gasteiger partial charge in [0.1, 0.15) is 6.10 Å². The summed E-state index contributed by atoms with van der Waals surface area (Å²) >= 11 is 0. The van der Waals surface area contributed by atoms with Crippen LogP contribution in [0, 0.1) is 11.8 Å². The maximum atomic E-state index is 6.22. The van der Waals surface area contributed by atoms with Gasteiger partial charge < -0.3 is 9.15 Å². The topological polar surface area (TPSA) is 66.0 Å². The smallest absolute Gasteiger partial charge is 0.222 e. The lowest BCUT2D eigenvalue weighted by atomic mass is 9.92. The third-order valence-corrected chi connectivity index (χ3v) is 5.79. The second-order valence-electron chi connectivity index (χ2n) is 7.60. The van der Waals surface area contributed by atoms with E-state index in [-0.39, 0.29) is 12.0 Å². The zero-order chi connectivity index (χ0) is 16.1. The minimum atomic E-state index is -0.0418. The molecule has 2 saturated carbocycles. The van der Waals surface area contributed by atoms with E-state index in [0.29, 0.717) is 5.92 Å². The summed E-state index contributed by atoms with van der Waals surface area (Å²) in [6.07, 6.45) is 9.12. The molecule has 0 radical (unpaired) electrons. The van der Waals surface area contributed by atoms with Gasteiger partial charge in [-0.25, -0.2) is 0 Å². The molecule has 2 aromatic rings. The Morgan fingerprint density at radius 1 is 1.12 bits per heavy atom. The molecule has 0 spiro atoms. The number of hydrogen-bond acceptors (Lipinski definition) is 5. The molecule has 2 aromatic heterocycles. The summed E-state index contributed by atoms with van der Waals surface area (Å²) in [5.74, 6) is 3.83. The number of nitrogens with zero attached hydrogens (tertiary/aromatic N) is 4. The second kappa shape index (κ2) is 5.69. The fourth-order valence-corrected chi connectivity index (χ4v) is 4.22. The number of ether oxygens (including phenoxy) is 1. The second-order valence-corrected chi connectivity index (χ2v) is 7.60. The van der Waals surface area contributed by atoms with E-state index in [1.165, 1.54) is 25.7 Å². The minimum Gasteiger partial charge on any atom is -0.425 e. The average Bonchev–Trinajstić information content (AvgIpc) is 3.51. The van der Waals surface area contributed by atoms with E-state index in [2.05, 4.69) is 15.3 Å². The predicted octanol–water partition coefficient (Wildman–Crippen LogP) is 3.34. The largest absolute Gasteiger partial charge is 0.425 e. The van der Waals surface area contributed by atoms with Crippen LogP contribution < -0.4 is 0 Å². The maximum Gasteiger partial charge on any atom is 0.222 e. The molecule has 6 nitrogen and oxygen atoms in total. The molecule has 0 bridgehead atoms. The predicted molar refractivity (Wildman–Crippen MR) is 86.4 cm³/mol. The zero-order valence-corrected chi connectivity index (χ0v) is 14.1. The fourth-order valence-electron chi connectivity index (χ4n) is 4.22. The van der Waals surface area contributed by atoms with Gasteiger partial charge in [0.25, 0.3) is 0 Å².